The highest BCUT2D eigenvalue weighted by Gasteiger charge is 2.47. The second kappa shape index (κ2) is 5.05. The van der Waals surface area contributed by atoms with E-state index in [9.17, 15) is 5.11 Å². The Balaban J connectivity index is 2.27. The van der Waals surface area contributed by atoms with Crippen molar-refractivity contribution >= 4 is 0 Å². The van der Waals surface area contributed by atoms with E-state index in [1.165, 1.54) is 0 Å². The Hall–Kier alpha value is -1.06. The third-order valence-electron chi connectivity index (χ3n) is 3.88. The smallest absolute Gasteiger partial charge is 0.130 e. The zero-order chi connectivity index (χ0) is 15.1. The Morgan fingerprint density at radius 3 is 2.45 bits per heavy atom. The predicted octanol–water partition coefficient (Wildman–Crippen LogP) is 3.77. The number of aliphatic hydroxyl groups excluding tert-OH is 1. The fraction of sp³-hybridized carbons (Fsp3) is 0.647. The minimum Gasteiger partial charge on any atom is -0.487 e. The molecule has 0 aromatic heterocycles. The maximum absolute atomic E-state index is 9.92. The summed E-state index contributed by atoms with van der Waals surface area (Å²) in [7, 11) is 0. The number of benzene rings is 1. The van der Waals surface area contributed by atoms with Gasteiger partial charge in [-0.1, -0.05) is 11.6 Å². The highest BCUT2D eigenvalue weighted by atomic mass is 16.6. The molecule has 0 radical (unpaired) electrons. The zero-order valence-corrected chi connectivity index (χ0v) is 13.4. The summed E-state index contributed by atoms with van der Waals surface area (Å²) in [6.45, 7) is 12.1. The molecule has 1 N–H and O–H groups in total. The number of aliphatic hydroxyl groups is 1. The van der Waals surface area contributed by atoms with E-state index in [1.54, 1.807) is 6.92 Å². The van der Waals surface area contributed by atoms with Crippen LogP contribution in [0.5, 0.6) is 5.75 Å². The molecule has 1 saturated heterocycles. The molecule has 1 aliphatic rings. The Bertz CT molecular complexity index is 489. The van der Waals surface area contributed by atoms with Crippen LogP contribution in [-0.4, -0.2) is 22.4 Å². The van der Waals surface area contributed by atoms with E-state index in [4.69, 9.17) is 9.47 Å². The Labute approximate surface area is 121 Å². The molecule has 1 aromatic rings. The van der Waals surface area contributed by atoms with Crippen LogP contribution in [0.4, 0.5) is 0 Å². The number of hydrogen-bond acceptors (Lipinski definition) is 3. The van der Waals surface area contributed by atoms with Gasteiger partial charge in [0.1, 0.15) is 17.5 Å². The van der Waals surface area contributed by atoms with Gasteiger partial charge in [-0.05, 0) is 53.7 Å². The third-order valence-corrected chi connectivity index (χ3v) is 3.88. The lowest BCUT2D eigenvalue weighted by Gasteiger charge is -2.28. The molecule has 1 heterocycles. The van der Waals surface area contributed by atoms with E-state index in [0.717, 1.165) is 23.3 Å². The van der Waals surface area contributed by atoms with Crippen molar-refractivity contribution in [1.82, 2.24) is 0 Å². The van der Waals surface area contributed by atoms with Crippen LogP contribution in [0.1, 0.15) is 58.3 Å². The third kappa shape index (κ3) is 3.15. The van der Waals surface area contributed by atoms with Gasteiger partial charge < -0.3 is 14.6 Å². The molecule has 1 unspecified atom stereocenters. The van der Waals surface area contributed by atoms with Crippen LogP contribution in [0.25, 0.3) is 0 Å². The minimum absolute atomic E-state index is 0.0160. The number of aryl methyl sites for hydroxylation is 1. The van der Waals surface area contributed by atoms with E-state index in [1.807, 2.05) is 25.1 Å². The highest BCUT2D eigenvalue weighted by Crippen LogP contribution is 2.40. The summed E-state index contributed by atoms with van der Waals surface area (Å²) in [5.41, 5.74) is 1.45. The monoisotopic (exact) mass is 278 g/mol. The molecule has 20 heavy (non-hydrogen) atoms. The van der Waals surface area contributed by atoms with Crippen molar-refractivity contribution in [2.24, 2.45) is 0 Å². The molecule has 1 fully saturated rings. The van der Waals surface area contributed by atoms with Gasteiger partial charge in [0.15, 0.2) is 0 Å². The first-order chi connectivity index (χ1) is 9.11. The maximum atomic E-state index is 9.92. The van der Waals surface area contributed by atoms with Crippen LogP contribution >= 0.6 is 0 Å². The van der Waals surface area contributed by atoms with E-state index in [-0.39, 0.29) is 17.3 Å². The van der Waals surface area contributed by atoms with Gasteiger partial charge in [-0.2, -0.15) is 0 Å². The van der Waals surface area contributed by atoms with Gasteiger partial charge >= 0.3 is 0 Å². The van der Waals surface area contributed by atoms with Crippen molar-refractivity contribution in [2.75, 3.05) is 0 Å². The SMILES string of the molecule is Cc1ccc(OC2CC(C)(C)OC2(C)C)c([C@@H](C)O)c1. The lowest BCUT2D eigenvalue weighted by Crippen LogP contribution is -2.37. The van der Waals surface area contributed by atoms with Gasteiger partial charge in [-0.25, -0.2) is 0 Å². The molecule has 2 rings (SSSR count). The van der Waals surface area contributed by atoms with Gasteiger partial charge in [-0.15, -0.1) is 0 Å². The molecule has 112 valence electrons. The molecule has 2 atom stereocenters. The molecule has 3 heteroatoms. The number of rotatable bonds is 3. The van der Waals surface area contributed by atoms with Gasteiger partial charge in [0, 0.05) is 12.0 Å². The van der Waals surface area contributed by atoms with E-state index in [2.05, 4.69) is 27.7 Å². The summed E-state index contributed by atoms with van der Waals surface area (Å²) in [5.74, 6) is 0.755. The summed E-state index contributed by atoms with van der Waals surface area (Å²) in [6.07, 6.45) is 0.286. The predicted molar refractivity (Wildman–Crippen MR) is 80.1 cm³/mol. The fourth-order valence-electron chi connectivity index (χ4n) is 2.95. The van der Waals surface area contributed by atoms with Gasteiger partial charge in [0.05, 0.1) is 11.7 Å². The standard InChI is InChI=1S/C17H26O3/c1-11-7-8-14(13(9-11)12(2)18)19-15-10-16(3,4)20-17(15,5)6/h7-9,12,15,18H,10H2,1-6H3/t12-,15?/m1/s1. The largest absolute Gasteiger partial charge is 0.487 e. The van der Waals surface area contributed by atoms with Gasteiger partial charge in [0.25, 0.3) is 0 Å². The maximum Gasteiger partial charge on any atom is 0.130 e. The average molecular weight is 278 g/mol. The van der Waals surface area contributed by atoms with Crippen molar-refractivity contribution in [1.29, 1.82) is 0 Å². The molecule has 0 saturated carbocycles. The summed E-state index contributed by atoms with van der Waals surface area (Å²) < 4.78 is 12.2. The second-order valence-corrected chi connectivity index (χ2v) is 6.99. The Morgan fingerprint density at radius 1 is 1.30 bits per heavy atom. The molecule has 0 spiro atoms. The van der Waals surface area contributed by atoms with Crippen molar-refractivity contribution in [2.45, 2.75) is 71.4 Å². The molecule has 3 nitrogen and oxygen atoms in total. The van der Waals surface area contributed by atoms with Crippen LogP contribution in [0.2, 0.25) is 0 Å². The first kappa shape index (κ1) is 15.3. The number of hydrogen-bond donors (Lipinski definition) is 1. The summed E-state index contributed by atoms with van der Waals surface area (Å²) >= 11 is 0. The molecule has 0 bridgehead atoms. The topological polar surface area (TPSA) is 38.7 Å². The van der Waals surface area contributed by atoms with Crippen LogP contribution < -0.4 is 4.74 Å². The molecular weight excluding hydrogens is 252 g/mol. The lowest BCUT2D eigenvalue weighted by atomic mass is 9.96. The summed E-state index contributed by atoms with van der Waals surface area (Å²) in [5, 5.41) is 9.92. The van der Waals surface area contributed by atoms with Crippen LogP contribution in [0.15, 0.2) is 18.2 Å². The number of ether oxygens (including phenoxy) is 2. The van der Waals surface area contributed by atoms with Crippen molar-refractivity contribution < 1.29 is 14.6 Å². The fourth-order valence-corrected chi connectivity index (χ4v) is 2.95. The minimum atomic E-state index is -0.539. The molecule has 1 aromatic carbocycles. The van der Waals surface area contributed by atoms with Crippen molar-refractivity contribution in [3.8, 4) is 5.75 Å². The van der Waals surface area contributed by atoms with Gasteiger partial charge in [0.2, 0.25) is 0 Å². The van der Waals surface area contributed by atoms with E-state index in [0.29, 0.717) is 0 Å². The zero-order valence-electron chi connectivity index (χ0n) is 13.4. The van der Waals surface area contributed by atoms with Crippen molar-refractivity contribution in [3.63, 3.8) is 0 Å². The first-order valence-electron chi connectivity index (χ1n) is 7.26. The summed E-state index contributed by atoms with van der Waals surface area (Å²) in [6, 6.07) is 5.93. The molecule has 0 aliphatic carbocycles. The van der Waals surface area contributed by atoms with Crippen LogP contribution in [0, 0.1) is 6.92 Å². The van der Waals surface area contributed by atoms with E-state index >= 15 is 0 Å². The van der Waals surface area contributed by atoms with Crippen molar-refractivity contribution in [3.05, 3.63) is 29.3 Å². The van der Waals surface area contributed by atoms with Gasteiger partial charge in [-0.3, -0.25) is 0 Å². The summed E-state index contributed by atoms with van der Waals surface area (Å²) in [4.78, 5) is 0. The Morgan fingerprint density at radius 2 is 1.95 bits per heavy atom. The average Bonchev–Trinajstić information content (AvgIpc) is 2.48. The van der Waals surface area contributed by atoms with Crippen LogP contribution in [-0.2, 0) is 4.74 Å². The molecule has 1 aliphatic heterocycles. The molecular formula is C17H26O3. The quantitative estimate of drug-likeness (QED) is 0.914. The normalized spacial score (nSPS) is 25.4. The van der Waals surface area contributed by atoms with E-state index < -0.39 is 6.10 Å². The Kier molecular flexibility index (Phi) is 3.87. The molecule has 0 amide bonds. The second-order valence-electron chi connectivity index (χ2n) is 6.99. The lowest BCUT2D eigenvalue weighted by molar-refractivity contribution is -0.0848. The first-order valence-corrected chi connectivity index (χ1v) is 7.26. The highest BCUT2D eigenvalue weighted by molar-refractivity contribution is 5.38. The van der Waals surface area contributed by atoms with Crippen LogP contribution in [0.3, 0.4) is 0 Å².